The zero-order valence-corrected chi connectivity index (χ0v) is 8.51. The third-order valence-electron chi connectivity index (χ3n) is 2.14. The van der Waals surface area contributed by atoms with Gasteiger partial charge in [0.1, 0.15) is 5.52 Å². The topological polar surface area (TPSA) is 36.7 Å². The summed E-state index contributed by atoms with van der Waals surface area (Å²) in [4.78, 5) is 11.7. The van der Waals surface area contributed by atoms with Gasteiger partial charge in [-0.3, -0.25) is 4.79 Å². The van der Waals surface area contributed by atoms with Crippen molar-refractivity contribution in [2.24, 2.45) is 0 Å². The van der Waals surface area contributed by atoms with E-state index in [1.54, 1.807) is 10.7 Å². The van der Waals surface area contributed by atoms with Crippen LogP contribution >= 0.6 is 11.6 Å². The Balaban J connectivity index is 2.90. The van der Waals surface area contributed by atoms with Crippen molar-refractivity contribution < 1.29 is 4.68 Å². The van der Waals surface area contributed by atoms with Crippen LogP contribution in [-0.4, -0.2) is 5.10 Å². The highest BCUT2D eigenvalue weighted by molar-refractivity contribution is 6.35. The van der Waals surface area contributed by atoms with Crippen LogP contribution in [-0.2, 0) is 6.54 Å². The molecule has 3 nitrogen and oxygen atoms in total. The summed E-state index contributed by atoms with van der Waals surface area (Å²) in [6.45, 7) is 2.70. The second-order valence-corrected chi connectivity index (χ2v) is 3.46. The molecule has 1 aromatic carbocycles. The SMILES string of the molecule is CC[n+]1cc(=O)c2c(Cl)cccc2[nH]1. The predicted octanol–water partition coefficient (Wildman–Crippen LogP) is 1.49. The Labute approximate surface area is 85.9 Å². The van der Waals surface area contributed by atoms with Crippen molar-refractivity contribution >= 4 is 22.5 Å². The Kier molecular flexibility index (Phi) is 2.25. The lowest BCUT2D eigenvalue weighted by atomic mass is 10.2. The van der Waals surface area contributed by atoms with Crippen molar-refractivity contribution in [3.63, 3.8) is 0 Å². The van der Waals surface area contributed by atoms with Crippen LogP contribution in [0.5, 0.6) is 0 Å². The van der Waals surface area contributed by atoms with E-state index >= 15 is 0 Å². The molecule has 0 amide bonds. The third kappa shape index (κ3) is 1.40. The number of nitrogens with zero attached hydrogens (tertiary/aromatic N) is 1. The third-order valence-corrected chi connectivity index (χ3v) is 2.45. The molecule has 1 N–H and O–H groups in total. The molecular weight excluding hydrogens is 200 g/mol. The Morgan fingerprint density at radius 3 is 3.00 bits per heavy atom. The highest BCUT2D eigenvalue weighted by Crippen LogP contribution is 2.16. The standard InChI is InChI=1S/C10H9ClN2O/c1-2-13-6-9(14)10-7(11)4-3-5-8(10)12-13/h3-6H,2H2,1H3/p+1. The zero-order chi connectivity index (χ0) is 10.1. The molecule has 72 valence electrons. The van der Waals surface area contributed by atoms with E-state index < -0.39 is 0 Å². The van der Waals surface area contributed by atoms with Gasteiger partial charge in [-0.05, 0) is 19.1 Å². The Morgan fingerprint density at radius 2 is 2.29 bits per heavy atom. The van der Waals surface area contributed by atoms with Gasteiger partial charge in [0.25, 0.3) is 5.43 Å². The number of H-pyrrole nitrogens is 1. The minimum absolute atomic E-state index is 0.0498. The second-order valence-electron chi connectivity index (χ2n) is 3.05. The zero-order valence-electron chi connectivity index (χ0n) is 7.75. The van der Waals surface area contributed by atoms with E-state index in [4.69, 9.17) is 11.6 Å². The normalized spacial score (nSPS) is 10.7. The molecule has 0 bridgehead atoms. The molecule has 0 saturated heterocycles. The van der Waals surface area contributed by atoms with Crippen LogP contribution < -0.4 is 10.1 Å². The number of halogens is 1. The lowest BCUT2D eigenvalue weighted by Crippen LogP contribution is -2.39. The van der Waals surface area contributed by atoms with Gasteiger partial charge in [0.05, 0.1) is 10.4 Å². The van der Waals surface area contributed by atoms with Gasteiger partial charge < -0.3 is 0 Å². The molecule has 4 heteroatoms. The fourth-order valence-corrected chi connectivity index (χ4v) is 1.70. The fraction of sp³-hybridized carbons (Fsp3) is 0.200. The number of aryl methyl sites for hydroxylation is 1. The molecule has 0 unspecified atom stereocenters. The van der Waals surface area contributed by atoms with Gasteiger partial charge in [0.2, 0.25) is 6.20 Å². The van der Waals surface area contributed by atoms with Crippen molar-refractivity contribution in [2.45, 2.75) is 13.5 Å². The molecule has 0 saturated carbocycles. The van der Waals surface area contributed by atoms with Crippen molar-refractivity contribution in [2.75, 3.05) is 0 Å². The highest BCUT2D eigenvalue weighted by atomic mass is 35.5. The summed E-state index contributed by atoms with van der Waals surface area (Å²) in [5.41, 5.74) is 0.720. The van der Waals surface area contributed by atoms with Crippen LogP contribution in [0, 0.1) is 0 Å². The number of aromatic amines is 1. The monoisotopic (exact) mass is 209 g/mol. The summed E-state index contributed by atoms with van der Waals surface area (Å²) >= 11 is 5.93. The summed E-state index contributed by atoms with van der Waals surface area (Å²) in [5.74, 6) is 0. The molecule has 1 aromatic heterocycles. The van der Waals surface area contributed by atoms with Crippen LogP contribution in [0.1, 0.15) is 6.92 Å². The van der Waals surface area contributed by atoms with Gasteiger partial charge in [-0.1, -0.05) is 17.7 Å². The van der Waals surface area contributed by atoms with Crippen LogP contribution in [0.25, 0.3) is 10.9 Å². The van der Waals surface area contributed by atoms with E-state index in [-0.39, 0.29) is 5.43 Å². The molecule has 0 aliphatic heterocycles. The predicted molar refractivity (Wildman–Crippen MR) is 55.4 cm³/mol. The van der Waals surface area contributed by atoms with Crippen molar-refractivity contribution in [3.8, 4) is 0 Å². The molecule has 14 heavy (non-hydrogen) atoms. The van der Waals surface area contributed by atoms with Gasteiger partial charge in [-0.15, -0.1) is 4.68 Å². The Morgan fingerprint density at radius 1 is 1.50 bits per heavy atom. The van der Waals surface area contributed by atoms with Gasteiger partial charge in [-0.2, -0.15) is 5.10 Å². The maximum Gasteiger partial charge on any atom is 0.255 e. The summed E-state index contributed by atoms with van der Waals surface area (Å²) in [7, 11) is 0. The molecule has 0 radical (unpaired) electrons. The summed E-state index contributed by atoms with van der Waals surface area (Å²) in [5, 5.41) is 4.14. The van der Waals surface area contributed by atoms with Crippen LogP contribution in [0.15, 0.2) is 29.2 Å². The first-order valence-electron chi connectivity index (χ1n) is 4.43. The van der Waals surface area contributed by atoms with E-state index in [2.05, 4.69) is 5.10 Å². The summed E-state index contributed by atoms with van der Waals surface area (Å²) < 4.78 is 1.74. The lowest BCUT2D eigenvalue weighted by molar-refractivity contribution is -0.749. The van der Waals surface area contributed by atoms with Gasteiger partial charge in [0.15, 0.2) is 6.54 Å². The van der Waals surface area contributed by atoms with E-state index in [0.717, 1.165) is 12.1 Å². The smallest absolute Gasteiger partial charge is 0.255 e. The lowest BCUT2D eigenvalue weighted by Gasteiger charge is -1.98. The van der Waals surface area contributed by atoms with Crippen molar-refractivity contribution in [1.82, 2.24) is 5.10 Å². The van der Waals surface area contributed by atoms with Crippen molar-refractivity contribution in [1.29, 1.82) is 0 Å². The van der Waals surface area contributed by atoms with Crippen LogP contribution in [0.3, 0.4) is 0 Å². The van der Waals surface area contributed by atoms with E-state index in [1.807, 2.05) is 19.1 Å². The number of fused-ring (bicyclic) bond motifs is 1. The Bertz CT molecular complexity index is 533. The molecule has 0 aliphatic rings. The summed E-state index contributed by atoms with van der Waals surface area (Å²) in [6.07, 6.45) is 1.52. The first kappa shape index (κ1) is 9.21. The first-order valence-corrected chi connectivity index (χ1v) is 4.81. The maximum absolute atomic E-state index is 11.7. The molecule has 1 heterocycles. The average molecular weight is 210 g/mol. The van der Waals surface area contributed by atoms with E-state index in [9.17, 15) is 4.79 Å². The first-order chi connectivity index (χ1) is 6.72. The number of nitrogens with one attached hydrogen (secondary N) is 1. The molecule has 0 spiro atoms. The average Bonchev–Trinajstić information content (AvgIpc) is 2.17. The van der Waals surface area contributed by atoms with Crippen molar-refractivity contribution in [3.05, 3.63) is 39.6 Å². The number of hydrogen-bond donors (Lipinski definition) is 1. The highest BCUT2D eigenvalue weighted by Gasteiger charge is 2.08. The number of aromatic nitrogens is 2. The van der Waals surface area contributed by atoms with E-state index in [0.29, 0.717) is 10.4 Å². The molecule has 2 aromatic rings. The quantitative estimate of drug-likeness (QED) is 0.710. The molecule has 2 rings (SSSR count). The molecular formula is C10H10ClN2O+. The van der Waals surface area contributed by atoms with Gasteiger partial charge in [-0.25, -0.2) is 0 Å². The molecule has 0 fully saturated rings. The van der Waals surface area contributed by atoms with Gasteiger partial charge >= 0.3 is 0 Å². The minimum atomic E-state index is -0.0498. The van der Waals surface area contributed by atoms with Gasteiger partial charge in [0, 0.05) is 0 Å². The molecule has 0 aliphatic carbocycles. The number of benzene rings is 1. The number of rotatable bonds is 1. The maximum atomic E-state index is 11.7. The number of hydrogen-bond acceptors (Lipinski definition) is 1. The second kappa shape index (κ2) is 3.42. The Hall–Kier alpha value is -1.35. The largest absolute Gasteiger partial charge is 0.282 e. The summed E-state index contributed by atoms with van der Waals surface area (Å²) in [6, 6.07) is 5.38. The fourth-order valence-electron chi connectivity index (χ4n) is 1.43. The minimum Gasteiger partial charge on any atom is -0.282 e. The van der Waals surface area contributed by atoms with Crippen LogP contribution in [0.2, 0.25) is 5.02 Å². The van der Waals surface area contributed by atoms with E-state index in [1.165, 1.54) is 6.20 Å². The molecule has 0 atom stereocenters. The van der Waals surface area contributed by atoms with Crippen LogP contribution in [0.4, 0.5) is 0 Å².